The van der Waals surface area contributed by atoms with E-state index >= 15 is 0 Å². The van der Waals surface area contributed by atoms with Gasteiger partial charge in [-0.3, -0.25) is 4.79 Å². The van der Waals surface area contributed by atoms with Gasteiger partial charge in [0, 0.05) is 0 Å². The first-order valence-corrected chi connectivity index (χ1v) is 8.26. The topological polar surface area (TPSA) is 38.3 Å². The molecule has 2 heterocycles. The van der Waals surface area contributed by atoms with Gasteiger partial charge in [-0.2, -0.15) is 0 Å². The van der Waals surface area contributed by atoms with Gasteiger partial charge in [-0.05, 0) is 44.1 Å². The smallest absolute Gasteiger partial charge is 0.226 e. The highest BCUT2D eigenvalue weighted by Crippen LogP contribution is 2.45. The van der Waals surface area contributed by atoms with Crippen molar-refractivity contribution in [3.63, 3.8) is 0 Å². The van der Waals surface area contributed by atoms with E-state index in [1.54, 1.807) is 0 Å². The Kier molecular flexibility index (Phi) is 3.26. The molecule has 0 unspecified atom stereocenters. The summed E-state index contributed by atoms with van der Waals surface area (Å²) in [6, 6.07) is 10.7. The Balaban J connectivity index is 1.44. The average Bonchev–Trinajstić information content (AvgIpc) is 3.06. The average molecular weight is 285 g/mol. The minimum absolute atomic E-state index is 0.164. The Morgan fingerprint density at radius 2 is 2.05 bits per heavy atom. The van der Waals surface area contributed by atoms with E-state index in [9.17, 15) is 4.79 Å². The second-order valence-corrected chi connectivity index (χ2v) is 6.99. The molecule has 3 fully saturated rings. The molecule has 1 amide bonds. The van der Waals surface area contributed by atoms with Crippen molar-refractivity contribution < 1.29 is 9.53 Å². The molecule has 2 bridgehead atoms. The molecule has 2 aliphatic heterocycles. The first-order valence-electron chi connectivity index (χ1n) is 8.26. The lowest BCUT2D eigenvalue weighted by atomic mass is 9.64. The molecule has 1 saturated carbocycles. The van der Waals surface area contributed by atoms with Crippen molar-refractivity contribution in [2.24, 2.45) is 5.41 Å². The molecule has 1 N–H and O–H groups in total. The Bertz CT molecular complexity index is 523. The fourth-order valence-electron chi connectivity index (χ4n) is 4.19. The predicted octanol–water partition coefficient (Wildman–Crippen LogP) is 2.84. The highest BCUT2D eigenvalue weighted by molar-refractivity contribution is 5.84. The number of nitrogens with one attached hydrogen (secondary N) is 1. The lowest BCUT2D eigenvalue weighted by Crippen LogP contribution is -2.52. The monoisotopic (exact) mass is 285 g/mol. The van der Waals surface area contributed by atoms with Crippen molar-refractivity contribution in [2.75, 3.05) is 0 Å². The van der Waals surface area contributed by atoms with E-state index in [0.29, 0.717) is 6.10 Å². The summed E-state index contributed by atoms with van der Waals surface area (Å²) < 4.78 is 5.85. The van der Waals surface area contributed by atoms with Crippen LogP contribution in [-0.2, 0) is 16.0 Å². The van der Waals surface area contributed by atoms with Gasteiger partial charge in [0.15, 0.2) is 0 Å². The zero-order chi connectivity index (χ0) is 14.3. The molecule has 2 saturated heterocycles. The number of ether oxygens (including phenoxy) is 1. The van der Waals surface area contributed by atoms with Crippen LogP contribution in [0.15, 0.2) is 30.3 Å². The van der Waals surface area contributed by atoms with Gasteiger partial charge in [0.05, 0.1) is 23.7 Å². The lowest BCUT2D eigenvalue weighted by molar-refractivity contribution is -0.137. The highest BCUT2D eigenvalue weighted by Gasteiger charge is 2.47. The number of hydrogen-bond donors (Lipinski definition) is 1. The van der Waals surface area contributed by atoms with E-state index in [0.717, 1.165) is 32.1 Å². The number of carbonyl (C=O) groups excluding carboxylic acids is 1. The van der Waals surface area contributed by atoms with Gasteiger partial charge in [0.25, 0.3) is 0 Å². The van der Waals surface area contributed by atoms with Crippen molar-refractivity contribution in [1.82, 2.24) is 5.32 Å². The number of hydrogen-bond acceptors (Lipinski definition) is 2. The molecule has 4 rings (SSSR count). The van der Waals surface area contributed by atoms with Crippen LogP contribution in [0, 0.1) is 5.41 Å². The Hall–Kier alpha value is -1.35. The van der Waals surface area contributed by atoms with Crippen molar-refractivity contribution in [3.8, 4) is 0 Å². The largest absolute Gasteiger partial charge is 0.373 e. The minimum Gasteiger partial charge on any atom is -0.373 e. The number of benzene rings is 1. The number of amides is 1. The molecule has 3 aliphatic rings. The molecule has 0 spiro atoms. The van der Waals surface area contributed by atoms with Gasteiger partial charge in [-0.25, -0.2) is 0 Å². The highest BCUT2D eigenvalue weighted by atomic mass is 16.5. The molecule has 112 valence electrons. The van der Waals surface area contributed by atoms with Crippen LogP contribution < -0.4 is 5.32 Å². The summed E-state index contributed by atoms with van der Waals surface area (Å²) in [6.07, 6.45) is 8.06. The second kappa shape index (κ2) is 5.13. The molecule has 3 atom stereocenters. The maximum Gasteiger partial charge on any atom is 0.226 e. The van der Waals surface area contributed by atoms with E-state index in [4.69, 9.17) is 4.74 Å². The zero-order valence-electron chi connectivity index (χ0n) is 12.4. The zero-order valence-corrected chi connectivity index (χ0v) is 12.4. The first-order chi connectivity index (χ1) is 10.3. The van der Waals surface area contributed by atoms with E-state index < -0.39 is 0 Å². The molecular formula is C18H23NO2. The van der Waals surface area contributed by atoms with Crippen LogP contribution in [-0.4, -0.2) is 24.2 Å². The van der Waals surface area contributed by atoms with Gasteiger partial charge in [-0.15, -0.1) is 0 Å². The van der Waals surface area contributed by atoms with Gasteiger partial charge in [0.1, 0.15) is 0 Å². The summed E-state index contributed by atoms with van der Waals surface area (Å²) in [5, 5.41) is 3.31. The van der Waals surface area contributed by atoms with E-state index in [1.807, 2.05) is 6.07 Å². The third-order valence-electron chi connectivity index (χ3n) is 5.60. The fourth-order valence-corrected chi connectivity index (χ4v) is 4.19. The van der Waals surface area contributed by atoms with Crippen LogP contribution >= 0.6 is 0 Å². The van der Waals surface area contributed by atoms with Gasteiger partial charge in [-0.1, -0.05) is 36.8 Å². The molecule has 3 heteroatoms. The maximum atomic E-state index is 12.8. The summed E-state index contributed by atoms with van der Waals surface area (Å²) in [6.45, 7) is 0. The molecule has 0 radical (unpaired) electrons. The van der Waals surface area contributed by atoms with Crippen LogP contribution in [0.1, 0.15) is 44.1 Å². The van der Waals surface area contributed by atoms with Crippen LogP contribution in [0.25, 0.3) is 0 Å². The van der Waals surface area contributed by atoms with Crippen LogP contribution in [0.5, 0.6) is 0 Å². The van der Waals surface area contributed by atoms with Crippen molar-refractivity contribution in [1.29, 1.82) is 0 Å². The Labute approximate surface area is 126 Å². The molecule has 3 nitrogen and oxygen atoms in total. The van der Waals surface area contributed by atoms with Crippen molar-refractivity contribution >= 4 is 5.91 Å². The van der Waals surface area contributed by atoms with E-state index in [1.165, 1.54) is 18.4 Å². The standard InChI is InChI=1S/C18H23NO2/c20-17(19-15-11-14-7-8-16(15)21-14)18(9-4-10-18)12-13-5-2-1-3-6-13/h1-3,5-6,14-16H,4,7-12H2,(H,19,20)/t14-,15+,16-/m1/s1. The normalized spacial score (nSPS) is 32.7. The van der Waals surface area contributed by atoms with Gasteiger partial charge >= 0.3 is 0 Å². The molecule has 0 aromatic heterocycles. The quantitative estimate of drug-likeness (QED) is 0.924. The minimum atomic E-state index is -0.164. The summed E-state index contributed by atoms with van der Waals surface area (Å²) in [5.74, 6) is 0.263. The number of carbonyl (C=O) groups is 1. The lowest BCUT2D eigenvalue weighted by Gasteiger charge is -2.41. The SMILES string of the molecule is O=C(N[C@H]1C[C@H]2CC[C@H]1O2)C1(Cc2ccccc2)CCC1. The van der Waals surface area contributed by atoms with Gasteiger partial charge in [0.2, 0.25) is 5.91 Å². The van der Waals surface area contributed by atoms with Crippen molar-refractivity contribution in [3.05, 3.63) is 35.9 Å². The van der Waals surface area contributed by atoms with E-state index in [2.05, 4.69) is 29.6 Å². The number of rotatable bonds is 4. The molecule has 1 aromatic carbocycles. The fraction of sp³-hybridized carbons (Fsp3) is 0.611. The summed E-state index contributed by atoms with van der Waals surface area (Å²) in [7, 11) is 0. The summed E-state index contributed by atoms with van der Waals surface area (Å²) in [4.78, 5) is 12.8. The molecule has 1 aliphatic carbocycles. The predicted molar refractivity (Wildman–Crippen MR) is 80.9 cm³/mol. The Morgan fingerprint density at radius 1 is 1.24 bits per heavy atom. The second-order valence-electron chi connectivity index (χ2n) is 6.99. The van der Waals surface area contributed by atoms with Crippen LogP contribution in [0.2, 0.25) is 0 Å². The number of fused-ring (bicyclic) bond motifs is 2. The van der Waals surface area contributed by atoms with Crippen LogP contribution in [0.4, 0.5) is 0 Å². The molecular weight excluding hydrogens is 262 g/mol. The van der Waals surface area contributed by atoms with E-state index in [-0.39, 0.29) is 23.5 Å². The molecule has 21 heavy (non-hydrogen) atoms. The molecule has 1 aromatic rings. The summed E-state index contributed by atoms with van der Waals surface area (Å²) >= 11 is 0. The summed E-state index contributed by atoms with van der Waals surface area (Å²) in [5.41, 5.74) is 1.11. The van der Waals surface area contributed by atoms with Crippen LogP contribution in [0.3, 0.4) is 0 Å². The maximum absolute atomic E-state index is 12.8. The van der Waals surface area contributed by atoms with Gasteiger partial charge < -0.3 is 10.1 Å². The third-order valence-corrected chi connectivity index (χ3v) is 5.60. The Morgan fingerprint density at radius 3 is 2.62 bits per heavy atom. The van der Waals surface area contributed by atoms with Crippen molar-refractivity contribution in [2.45, 2.75) is 63.2 Å². The first kappa shape index (κ1) is 13.3. The third kappa shape index (κ3) is 2.38.